The molecule has 6 rings (SSSR count). The summed E-state index contributed by atoms with van der Waals surface area (Å²) < 4.78 is 0. The first kappa shape index (κ1) is 30.6. The second-order valence-corrected chi connectivity index (χ2v) is 13.3. The van der Waals surface area contributed by atoms with E-state index in [4.69, 9.17) is 4.98 Å². The van der Waals surface area contributed by atoms with Crippen molar-refractivity contribution in [1.82, 2.24) is 4.98 Å². The third kappa shape index (κ3) is 3.65. The first-order valence-electron chi connectivity index (χ1n) is 15.6. The van der Waals surface area contributed by atoms with Crippen LogP contribution in [0.15, 0.2) is 0 Å². The number of hydrogen-bond acceptors (Lipinski definition) is 5. The summed E-state index contributed by atoms with van der Waals surface area (Å²) in [4.78, 5) is 63.4. The lowest BCUT2D eigenvalue weighted by molar-refractivity contribution is 0.0881. The van der Waals surface area contributed by atoms with Gasteiger partial charge in [0.2, 0.25) is 0 Å². The van der Waals surface area contributed by atoms with Gasteiger partial charge in [0.25, 0.3) is 11.8 Å². The molecule has 45 heavy (non-hydrogen) atoms. The number of carbonyl (C=O) groups is 4. The molecule has 1 aliphatic heterocycles. The van der Waals surface area contributed by atoms with E-state index in [1.807, 2.05) is 90.0 Å². The molecule has 0 bridgehead atoms. The molecule has 0 saturated carbocycles. The first-order valence-corrected chi connectivity index (χ1v) is 15.6. The molecule has 2 amide bonds. The molecule has 0 spiro atoms. The van der Waals surface area contributed by atoms with E-state index in [0.717, 1.165) is 77.7 Å². The van der Waals surface area contributed by atoms with Crippen LogP contribution in [0.5, 0.6) is 0 Å². The Morgan fingerprint density at radius 3 is 1.20 bits per heavy atom. The van der Waals surface area contributed by atoms with Gasteiger partial charge in [-0.1, -0.05) is 0 Å². The molecule has 0 radical (unpaired) electrons. The van der Waals surface area contributed by atoms with Crippen molar-refractivity contribution in [3.8, 4) is 0 Å². The largest absolute Gasteiger partial charge is 0.293 e. The van der Waals surface area contributed by atoms with Crippen molar-refractivity contribution < 1.29 is 19.2 Å². The molecule has 1 aliphatic carbocycles. The number of anilines is 1. The van der Waals surface area contributed by atoms with Crippen LogP contribution in [0.25, 0.3) is 10.9 Å². The lowest BCUT2D eigenvalue weighted by Gasteiger charge is -2.25. The first-order chi connectivity index (χ1) is 21.0. The molecule has 0 N–H and O–H groups in total. The normalized spacial score (nSPS) is 14.8. The Bertz CT molecular complexity index is 2070. The number of pyridine rings is 1. The summed E-state index contributed by atoms with van der Waals surface area (Å²) in [6.07, 6.45) is 0. The number of imide groups is 1. The zero-order valence-corrected chi connectivity index (χ0v) is 28.6. The maximum Gasteiger partial charge on any atom is 0.266 e. The van der Waals surface area contributed by atoms with Crippen LogP contribution in [-0.2, 0) is 0 Å². The summed E-state index contributed by atoms with van der Waals surface area (Å²) in [5.74, 6) is -2.31. The summed E-state index contributed by atoms with van der Waals surface area (Å²) in [6.45, 7) is 25.3. The molecule has 2 aliphatic rings. The van der Waals surface area contributed by atoms with Crippen LogP contribution in [0.4, 0.5) is 5.69 Å². The number of amides is 2. The molecule has 0 atom stereocenters. The number of aromatic nitrogens is 1. The fraction of sp³-hybridized carbons (Fsp3) is 0.359. The zero-order chi connectivity index (χ0) is 33.3. The molecule has 6 heteroatoms. The Morgan fingerprint density at radius 2 is 0.778 bits per heavy atom. The summed E-state index contributed by atoms with van der Waals surface area (Å²) in [7, 11) is 0. The van der Waals surface area contributed by atoms with Crippen LogP contribution < -0.4 is 4.90 Å². The molecular formula is C39H40N2O4. The van der Waals surface area contributed by atoms with Crippen LogP contribution in [0, 0.1) is 90.0 Å². The second kappa shape index (κ2) is 9.77. The average molecular weight is 601 g/mol. The van der Waals surface area contributed by atoms with Crippen molar-refractivity contribution in [2.24, 2.45) is 0 Å². The lowest BCUT2D eigenvalue weighted by atomic mass is 9.88. The highest BCUT2D eigenvalue weighted by Crippen LogP contribution is 2.46. The Labute approximate surface area is 264 Å². The van der Waals surface area contributed by atoms with Crippen molar-refractivity contribution in [3.63, 3.8) is 0 Å². The SMILES string of the molecule is Cc1c(C)c(C)c2c(c1C)C(=O)C(c1nc3c(N4C(=O)c5c(C)c(C)c(C)c(C)c5C4=O)c(C)c(C)c(C)c3c(C)c1C)C2=O. The van der Waals surface area contributed by atoms with Gasteiger partial charge in [0, 0.05) is 16.5 Å². The molecule has 0 fully saturated rings. The van der Waals surface area contributed by atoms with E-state index in [9.17, 15) is 19.2 Å². The highest BCUT2D eigenvalue weighted by atomic mass is 16.2. The second-order valence-electron chi connectivity index (χ2n) is 13.3. The zero-order valence-electron chi connectivity index (χ0n) is 28.6. The number of rotatable bonds is 2. The monoisotopic (exact) mass is 600 g/mol. The Balaban J connectivity index is 1.67. The van der Waals surface area contributed by atoms with E-state index in [0.29, 0.717) is 39.2 Å². The number of hydrogen-bond donors (Lipinski definition) is 0. The number of Topliss-reactive ketones (excluding diaryl/α,β-unsaturated/α-hetero) is 2. The molecule has 0 unspecified atom stereocenters. The molecule has 0 saturated heterocycles. The maximum atomic E-state index is 14.3. The predicted octanol–water partition coefficient (Wildman–Crippen LogP) is 8.21. The Kier molecular flexibility index (Phi) is 6.64. The molecular weight excluding hydrogens is 560 g/mol. The number of fused-ring (bicyclic) bond motifs is 3. The number of ketones is 2. The van der Waals surface area contributed by atoms with Gasteiger partial charge in [-0.15, -0.1) is 0 Å². The summed E-state index contributed by atoms with van der Waals surface area (Å²) in [6, 6.07) is 0. The van der Waals surface area contributed by atoms with E-state index in [-0.39, 0.29) is 23.4 Å². The van der Waals surface area contributed by atoms with E-state index in [1.165, 1.54) is 4.90 Å². The van der Waals surface area contributed by atoms with E-state index >= 15 is 0 Å². The highest BCUT2D eigenvalue weighted by molar-refractivity contribution is 6.37. The van der Waals surface area contributed by atoms with Gasteiger partial charge in [0.05, 0.1) is 28.0 Å². The lowest BCUT2D eigenvalue weighted by Crippen LogP contribution is -2.31. The fourth-order valence-corrected chi connectivity index (χ4v) is 7.78. The molecule has 6 nitrogen and oxygen atoms in total. The fourth-order valence-electron chi connectivity index (χ4n) is 7.78. The average Bonchev–Trinajstić information content (AvgIpc) is 3.41. The van der Waals surface area contributed by atoms with Crippen LogP contribution in [0.3, 0.4) is 0 Å². The van der Waals surface area contributed by atoms with E-state index in [2.05, 4.69) is 0 Å². The van der Waals surface area contributed by atoms with Gasteiger partial charge in [-0.05, 0) is 162 Å². The number of aryl methyl sites for hydroxylation is 2. The number of benzene rings is 3. The van der Waals surface area contributed by atoms with Crippen LogP contribution in [0.1, 0.15) is 125 Å². The predicted molar refractivity (Wildman–Crippen MR) is 179 cm³/mol. The third-order valence-electron chi connectivity index (χ3n) is 11.6. The van der Waals surface area contributed by atoms with Crippen molar-refractivity contribution in [3.05, 3.63) is 100 Å². The van der Waals surface area contributed by atoms with E-state index in [1.54, 1.807) is 0 Å². The van der Waals surface area contributed by atoms with Gasteiger partial charge in [-0.3, -0.25) is 19.2 Å². The van der Waals surface area contributed by atoms with Crippen LogP contribution >= 0.6 is 0 Å². The summed E-state index contributed by atoms with van der Waals surface area (Å²) in [5, 5.41) is 0.834. The van der Waals surface area contributed by atoms with Gasteiger partial charge in [-0.2, -0.15) is 0 Å². The minimum absolute atomic E-state index is 0.243. The highest BCUT2D eigenvalue weighted by Gasteiger charge is 2.46. The molecule has 3 aromatic carbocycles. The van der Waals surface area contributed by atoms with Gasteiger partial charge in [0.15, 0.2) is 11.6 Å². The number of carbonyl (C=O) groups excluding carboxylic acids is 4. The van der Waals surface area contributed by atoms with Gasteiger partial charge in [-0.25, -0.2) is 9.88 Å². The van der Waals surface area contributed by atoms with Gasteiger partial charge >= 0.3 is 0 Å². The van der Waals surface area contributed by atoms with Crippen molar-refractivity contribution >= 4 is 40.0 Å². The summed E-state index contributed by atoms with van der Waals surface area (Å²) >= 11 is 0. The molecule has 230 valence electrons. The number of nitrogens with zero attached hydrogens (tertiary/aromatic N) is 2. The minimum atomic E-state index is -1.09. The third-order valence-corrected chi connectivity index (χ3v) is 11.6. The molecule has 4 aromatic rings. The Hall–Kier alpha value is -4.45. The van der Waals surface area contributed by atoms with Crippen molar-refractivity contribution in [1.29, 1.82) is 0 Å². The maximum absolute atomic E-state index is 14.3. The minimum Gasteiger partial charge on any atom is -0.293 e. The van der Waals surface area contributed by atoms with Crippen molar-refractivity contribution in [2.45, 2.75) is 95.9 Å². The standard InChI is InChI=1S/C39H40N2O4/c1-14-15(2)21(8)29-28(20(14)7)36(42)32(37(29)43)33-25(12)24(11)27-19(6)18(5)26(13)35(34(27)40-33)41-38(44)30-22(9)16(3)17(4)23(10)31(30)39(41)45/h32H,1-13H3. The summed E-state index contributed by atoms with van der Waals surface area (Å²) in [5.41, 5.74) is 14.8. The topological polar surface area (TPSA) is 84.4 Å². The van der Waals surface area contributed by atoms with Gasteiger partial charge in [0.1, 0.15) is 5.92 Å². The van der Waals surface area contributed by atoms with E-state index < -0.39 is 5.92 Å². The van der Waals surface area contributed by atoms with Crippen LogP contribution in [0.2, 0.25) is 0 Å². The molecule has 1 aromatic heterocycles. The van der Waals surface area contributed by atoms with Crippen molar-refractivity contribution in [2.75, 3.05) is 4.90 Å². The van der Waals surface area contributed by atoms with Crippen LogP contribution in [-0.4, -0.2) is 28.4 Å². The Morgan fingerprint density at radius 1 is 0.422 bits per heavy atom. The van der Waals surface area contributed by atoms with Gasteiger partial charge < -0.3 is 0 Å². The smallest absolute Gasteiger partial charge is 0.266 e. The molecule has 2 heterocycles. The quantitative estimate of drug-likeness (QED) is 0.171.